The number of nitrogens with two attached hydrogens (primary N) is 1. The number of hydrogen-bond acceptors (Lipinski definition) is 4. The van der Waals surface area contributed by atoms with E-state index in [0.717, 1.165) is 19.3 Å². The van der Waals surface area contributed by atoms with Gasteiger partial charge in [-0.1, -0.05) is 18.6 Å². The van der Waals surface area contributed by atoms with Gasteiger partial charge in [-0.05, 0) is 25.0 Å². The molecule has 1 fully saturated rings. The molecular formula is C13H13N3O2S. The van der Waals surface area contributed by atoms with Gasteiger partial charge in [-0.15, -0.1) is 0 Å². The number of nitrogens with zero attached hydrogens (tertiary/aromatic N) is 2. The topological polar surface area (TPSA) is 76.3 Å². The minimum atomic E-state index is -0.325. The Hall–Kier alpha value is -1.82. The molecule has 2 unspecified atom stereocenters. The van der Waals surface area contributed by atoms with E-state index in [1.54, 1.807) is 12.1 Å². The van der Waals surface area contributed by atoms with Gasteiger partial charge in [-0.25, -0.2) is 0 Å². The van der Waals surface area contributed by atoms with Gasteiger partial charge in [0.05, 0.1) is 10.6 Å². The van der Waals surface area contributed by atoms with Gasteiger partial charge in [0.25, 0.3) is 11.8 Å². The summed E-state index contributed by atoms with van der Waals surface area (Å²) in [6.45, 7) is 0. The maximum absolute atomic E-state index is 12.3. The highest BCUT2D eigenvalue weighted by Crippen LogP contribution is 2.34. The van der Waals surface area contributed by atoms with Crippen LogP contribution < -0.4 is 5.73 Å². The molecule has 0 radical (unpaired) electrons. The fourth-order valence-electron chi connectivity index (χ4n) is 2.97. The molecule has 5 nitrogen and oxygen atoms in total. The number of aromatic nitrogens is 1. The van der Waals surface area contributed by atoms with Gasteiger partial charge >= 0.3 is 0 Å². The van der Waals surface area contributed by atoms with E-state index in [1.807, 2.05) is 0 Å². The number of fused-ring (bicyclic) bond motifs is 1. The Bertz CT molecular complexity index is 552. The molecule has 6 heteroatoms. The molecule has 98 valence electrons. The van der Waals surface area contributed by atoms with Crippen LogP contribution in [0, 0.1) is 5.92 Å². The Balaban J connectivity index is 1.98. The molecule has 1 aromatic rings. The van der Waals surface area contributed by atoms with Crippen LogP contribution in [0.3, 0.4) is 0 Å². The summed E-state index contributed by atoms with van der Waals surface area (Å²) in [5.41, 5.74) is 6.33. The Morgan fingerprint density at radius 2 is 2.16 bits per heavy atom. The molecule has 2 N–H and O–H groups in total. The summed E-state index contributed by atoms with van der Waals surface area (Å²) in [5, 5.41) is 0. The Morgan fingerprint density at radius 3 is 2.84 bits per heavy atom. The Morgan fingerprint density at radius 1 is 1.37 bits per heavy atom. The van der Waals surface area contributed by atoms with Gasteiger partial charge in [0, 0.05) is 18.2 Å². The standard InChI is InChI=1S/C13H13N3O2S/c14-11(19)7-3-1-5-9(7)16-12(17)8-4-2-6-15-10(8)13(16)18/h2,4,6-7,9H,1,3,5H2,(H2,14,19). The molecule has 2 atom stereocenters. The lowest BCUT2D eigenvalue weighted by Crippen LogP contribution is -2.45. The van der Waals surface area contributed by atoms with Crippen molar-refractivity contribution >= 4 is 29.0 Å². The monoisotopic (exact) mass is 275 g/mol. The fraction of sp³-hybridized carbons (Fsp3) is 0.385. The maximum Gasteiger partial charge on any atom is 0.280 e. The molecule has 1 aliphatic carbocycles. The quantitative estimate of drug-likeness (QED) is 0.647. The summed E-state index contributed by atoms with van der Waals surface area (Å²) in [5.74, 6) is -0.674. The average Bonchev–Trinajstić information content (AvgIpc) is 2.95. The molecule has 1 saturated carbocycles. The number of rotatable bonds is 2. The minimum absolute atomic E-state index is 0.0720. The van der Waals surface area contributed by atoms with Gasteiger partial charge in [0.1, 0.15) is 5.69 Å². The molecule has 3 rings (SSSR count). The third-order valence-electron chi connectivity index (χ3n) is 3.85. The molecule has 2 aliphatic rings. The van der Waals surface area contributed by atoms with E-state index in [2.05, 4.69) is 4.98 Å². The summed E-state index contributed by atoms with van der Waals surface area (Å²) < 4.78 is 0. The van der Waals surface area contributed by atoms with Crippen molar-refractivity contribution in [3.8, 4) is 0 Å². The van der Waals surface area contributed by atoms with Crippen molar-refractivity contribution in [1.29, 1.82) is 0 Å². The van der Waals surface area contributed by atoms with Crippen LogP contribution in [-0.2, 0) is 0 Å². The van der Waals surface area contributed by atoms with E-state index in [1.165, 1.54) is 11.1 Å². The molecule has 0 spiro atoms. The van der Waals surface area contributed by atoms with Crippen LogP contribution in [0.15, 0.2) is 18.3 Å². The van der Waals surface area contributed by atoms with Crippen LogP contribution in [0.4, 0.5) is 0 Å². The SMILES string of the molecule is NC(=S)C1CCCC1N1C(=O)c2cccnc2C1=O. The van der Waals surface area contributed by atoms with Crippen molar-refractivity contribution in [1.82, 2.24) is 9.88 Å². The predicted molar refractivity (Wildman–Crippen MR) is 72.7 cm³/mol. The van der Waals surface area contributed by atoms with Crippen molar-refractivity contribution in [3.05, 3.63) is 29.6 Å². The first-order valence-electron chi connectivity index (χ1n) is 6.23. The zero-order valence-electron chi connectivity index (χ0n) is 10.2. The summed E-state index contributed by atoms with van der Waals surface area (Å²) in [6.07, 6.45) is 4.04. The largest absolute Gasteiger partial charge is 0.393 e. The molecule has 0 bridgehead atoms. The van der Waals surface area contributed by atoms with E-state index in [4.69, 9.17) is 18.0 Å². The van der Waals surface area contributed by atoms with E-state index in [0.29, 0.717) is 10.6 Å². The van der Waals surface area contributed by atoms with Crippen LogP contribution in [0.5, 0.6) is 0 Å². The molecule has 19 heavy (non-hydrogen) atoms. The lowest BCUT2D eigenvalue weighted by atomic mass is 10.0. The van der Waals surface area contributed by atoms with Crippen LogP contribution >= 0.6 is 12.2 Å². The molecule has 1 aromatic heterocycles. The van der Waals surface area contributed by atoms with E-state index < -0.39 is 0 Å². The maximum atomic E-state index is 12.3. The Labute approximate surface area is 115 Å². The summed E-state index contributed by atoms with van der Waals surface area (Å²) in [7, 11) is 0. The van der Waals surface area contributed by atoms with E-state index >= 15 is 0 Å². The van der Waals surface area contributed by atoms with Crippen molar-refractivity contribution in [2.45, 2.75) is 25.3 Å². The first kappa shape index (κ1) is 12.2. The normalized spacial score (nSPS) is 25.8. The van der Waals surface area contributed by atoms with Crippen LogP contribution in [-0.4, -0.2) is 32.7 Å². The predicted octanol–water partition coefficient (Wildman–Crippen LogP) is 1.13. The average molecular weight is 275 g/mol. The Kier molecular flexibility index (Phi) is 2.82. The first-order valence-corrected chi connectivity index (χ1v) is 6.64. The second-order valence-corrected chi connectivity index (χ2v) is 5.36. The zero-order chi connectivity index (χ0) is 13.6. The number of hydrogen-bond donors (Lipinski definition) is 1. The summed E-state index contributed by atoms with van der Waals surface area (Å²) >= 11 is 5.04. The highest BCUT2D eigenvalue weighted by molar-refractivity contribution is 7.80. The third kappa shape index (κ3) is 1.74. The van der Waals surface area contributed by atoms with Crippen molar-refractivity contribution in [2.24, 2.45) is 11.7 Å². The van der Waals surface area contributed by atoms with Gasteiger partial charge in [-0.3, -0.25) is 19.5 Å². The summed E-state index contributed by atoms with van der Waals surface area (Å²) in [6, 6.07) is 3.08. The van der Waals surface area contributed by atoms with Crippen molar-refractivity contribution in [2.75, 3.05) is 0 Å². The zero-order valence-corrected chi connectivity index (χ0v) is 11.0. The second-order valence-electron chi connectivity index (χ2n) is 4.89. The molecule has 2 amide bonds. The lowest BCUT2D eigenvalue weighted by Gasteiger charge is -2.26. The molecule has 1 aliphatic heterocycles. The van der Waals surface area contributed by atoms with Crippen LogP contribution in [0.2, 0.25) is 0 Å². The number of carbonyl (C=O) groups excluding carboxylic acids is 2. The van der Waals surface area contributed by atoms with E-state index in [-0.39, 0.29) is 29.5 Å². The molecular weight excluding hydrogens is 262 g/mol. The summed E-state index contributed by atoms with van der Waals surface area (Å²) in [4.78, 5) is 30.4. The number of carbonyl (C=O) groups is 2. The third-order valence-corrected chi connectivity index (χ3v) is 4.16. The van der Waals surface area contributed by atoms with Gasteiger partial charge in [0.15, 0.2) is 0 Å². The van der Waals surface area contributed by atoms with Crippen LogP contribution in [0.1, 0.15) is 40.1 Å². The van der Waals surface area contributed by atoms with Crippen molar-refractivity contribution in [3.63, 3.8) is 0 Å². The highest BCUT2D eigenvalue weighted by Gasteiger charge is 2.45. The minimum Gasteiger partial charge on any atom is -0.393 e. The number of thiocarbonyl (C=S) groups is 1. The smallest absolute Gasteiger partial charge is 0.280 e. The molecule has 2 heterocycles. The number of amides is 2. The highest BCUT2D eigenvalue weighted by atomic mass is 32.1. The molecule has 0 aromatic carbocycles. The van der Waals surface area contributed by atoms with Gasteiger partial charge < -0.3 is 5.73 Å². The number of imide groups is 1. The van der Waals surface area contributed by atoms with E-state index in [9.17, 15) is 9.59 Å². The van der Waals surface area contributed by atoms with Crippen LogP contribution in [0.25, 0.3) is 0 Å². The lowest BCUT2D eigenvalue weighted by molar-refractivity contribution is 0.0569. The van der Waals surface area contributed by atoms with Crippen molar-refractivity contribution < 1.29 is 9.59 Å². The van der Waals surface area contributed by atoms with Gasteiger partial charge in [0.2, 0.25) is 0 Å². The van der Waals surface area contributed by atoms with Gasteiger partial charge in [-0.2, -0.15) is 0 Å². The number of pyridine rings is 1. The molecule has 0 saturated heterocycles. The fourth-order valence-corrected chi connectivity index (χ4v) is 3.24. The first-order chi connectivity index (χ1) is 9.11. The second kappa shape index (κ2) is 4.38.